The van der Waals surface area contributed by atoms with Crippen LogP contribution in [0.25, 0.3) is 0 Å². The minimum Gasteiger partial charge on any atom is -0.495 e. The molecule has 21 heavy (non-hydrogen) atoms. The summed E-state index contributed by atoms with van der Waals surface area (Å²) in [6.45, 7) is 0.280. The Hall–Kier alpha value is -1.80. The highest BCUT2D eigenvalue weighted by Crippen LogP contribution is 2.29. The molecule has 4 N–H and O–H groups in total. The second kappa shape index (κ2) is 5.90. The van der Waals surface area contributed by atoms with E-state index in [9.17, 15) is 13.2 Å². The first-order valence-electron chi connectivity index (χ1n) is 6.62. The monoisotopic (exact) mass is 313 g/mol. The zero-order valence-electron chi connectivity index (χ0n) is 11.8. The van der Waals surface area contributed by atoms with Crippen LogP contribution in [-0.2, 0) is 14.8 Å². The van der Waals surface area contributed by atoms with Crippen LogP contribution < -0.4 is 16.2 Å². The number of piperidine rings is 1. The van der Waals surface area contributed by atoms with E-state index >= 15 is 0 Å². The van der Waals surface area contributed by atoms with Crippen LogP contribution in [0, 0.1) is 0 Å². The van der Waals surface area contributed by atoms with E-state index in [4.69, 9.17) is 16.2 Å². The zero-order chi connectivity index (χ0) is 15.6. The lowest BCUT2D eigenvalue weighted by Gasteiger charge is -2.32. The minimum absolute atomic E-state index is 0.0361. The van der Waals surface area contributed by atoms with E-state index in [0.717, 1.165) is 6.42 Å². The summed E-state index contributed by atoms with van der Waals surface area (Å²) < 4.78 is 31.5. The smallest absolute Gasteiger partial charge is 0.243 e. The molecule has 2 rings (SSSR count). The SMILES string of the molecule is COc1ccc(S(=O)(=O)N2CCCCC2C(N)=O)cc1N. The Morgan fingerprint density at radius 2 is 2.10 bits per heavy atom. The maximum Gasteiger partial charge on any atom is 0.243 e. The van der Waals surface area contributed by atoms with E-state index < -0.39 is 22.0 Å². The summed E-state index contributed by atoms with van der Waals surface area (Å²) in [4.78, 5) is 11.5. The summed E-state index contributed by atoms with van der Waals surface area (Å²) in [6.07, 6.45) is 1.93. The number of hydrogen-bond acceptors (Lipinski definition) is 5. The largest absolute Gasteiger partial charge is 0.495 e. The number of nitrogen functional groups attached to an aromatic ring is 1. The number of carbonyl (C=O) groups excluding carboxylic acids is 1. The number of benzene rings is 1. The molecule has 0 aliphatic carbocycles. The van der Waals surface area contributed by atoms with Gasteiger partial charge in [-0.25, -0.2) is 8.42 Å². The van der Waals surface area contributed by atoms with Crippen molar-refractivity contribution in [3.63, 3.8) is 0 Å². The Kier molecular flexibility index (Phi) is 4.38. The lowest BCUT2D eigenvalue weighted by Crippen LogP contribution is -2.50. The first kappa shape index (κ1) is 15.6. The quantitative estimate of drug-likeness (QED) is 0.776. The van der Waals surface area contributed by atoms with Gasteiger partial charge in [0.15, 0.2) is 0 Å². The van der Waals surface area contributed by atoms with Gasteiger partial charge in [-0.15, -0.1) is 0 Å². The van der Waals surface area contributed by atoms with Crippen LogP contribution in [0.1, 0.15) is 19.3 Å². The summed E-state index contributed by atoms with van der Waals surface area (Å²) in [6, 6.07) is 3.44. The van der Waals surface area contributed by atoms with Crippen molar-refractivity contribution >= 4 is 21.6 Å². The Balaban J connectivity index is 2.40. The van der Waals surface area contributed by atoms with Crippen molar-refractivity contribution in [3.05, 3.63) is 18.2 Å². The van der Waals surface area contributed by atoms with Crippen molar-refractivity contribution in [2.24, 2.45) is 5.73 Å². The molecular weight excluding hydrogens is 294 g/mol. The molecule has 1 aromatic rings. The first-order valence-corrected chi connectivity index (χ1v) is 8.06. The summed E-state index contributed by atoms with van der Waals surface area (Å²) >= 11 is 0. The van der Waals surface area contributed by atoms with Crippen LogP contribution >= 0.6 is 0 Å². The van der Waals surface area contributed by atoms with Gasteiger partial charge in [-0.1, -0.05) is 6.42 Å². The Morgan fingerprint density at radius 1 is 1.38 bits per heavy atom. The van der Waals surface area contributed by atoms with Crippen LogP contribution in [0.15, 0.2) is 23.1 Å². The van der Waals surface area contributed by atoms with Crippen molar-refractivity contribution in [2.75, 3.05) is 19.4 Å². The van der Waals surface area contributed by atoms with E-state index in [1.54, 1.807) is 0 Å². The van der Waals surface area contributed by atoms with Crippen molar-refractivity contribution in [1.29, 1.82) is 0 Å². The number of rotatable bonds is 4. The number of carbonyl (C=O) groups is 1. The fourth-order valence-corrected chi connectivity index (χ4v) is 4.19. The second-order valence-electron chi connectivity index (χ2n) is 4.93. The molecule has 116 valence electrons. The van der Waals surface area contributed by atoms with E-state index in [1.807, 2.05) is 0 Å². The van der Waals surface area contributed by atoms with Gasteiger partial charge in [0.1, 0.15) is 11.8 Å². The second-order valence-corrected chi connectivity index (χ2v) is 6.82. The molecule has 1 aliphatic rings. The third kappa shape index (κ3) is 2.96. The number of amides is 1. The minimum atomic E-state index is -3.81. The van der Waals surface area contributed by atoms with Gasteiger partial charge in [-0.3, -0.25) is 4.79 Å². The van der Waals surface area contributed by atoms with Gasteiger partial charge in [0.05, 0.1) is 17.7 Å². The maximum atomic E-state index is 12.7. The molecule has 1 heterocycles. The first-order chi connectivity index (χ1) is 9.87. The van der Waals surface area contributed by atoms with Crippen LogP contribution in [0.2, 0.25) is 0 Å². The molecule has 0 spiro atoms. The highest BCUT2D eigenvalue weighted by atomic mass is 32.2. The molecule has 0 saturated carbocycles. The summed E-state index contributed by atoms with van der Waals surface area (Å²) in [7, 11) is -2.35. The Labute approximate surface area is 123 Å². The van der Waals surface area contributed by atoms with Gasteiger partial charge in [0.2, 0.25) is 15.9 Å². The number of sulfonamides is 1. The number of methoxy groups -OCH3 is 1. The standard InChI is InChI=1S/C13H19N3O4S/c1-20-12-6-5-9(8-10(12)14)21(18,19)16-7-3-2-4-11(16)13(15)17/h5-6,8,11H,2-4,7,14H2,1H3,(H2,15,17). The number of hydrogen-bond donors (Lipinski definition) is 2. The predicted molar refractivity (Wildman–Crippen MR) is 78.1 cm³/mol. The van der Waals surface area contributed by atoms with Gasteiger partial charge in [0.25, 0.3) is 0 Å². The zero-order valence-corrected chi connectivity index (χ0v) is 12.6. The molecule has 0 aromatic heterocycles. The highest BCUT2D eigenvalue weighted by molar-refractivity contribution is 7.89. The van der Waals surface area contributed by atoms with Crippen LogP contribution in [-0.4, -0.2) is 38.3 Å². The molecule has 0 bridgehead atoms. The summed E-state index contributed by atoms with van der Waals surface area (Å²) in [5.41, 5.74) is 11.3. The van der Waals surface area contributed by atoms with Crippen molar-refractivity contribution in [2.45, 2.75) is 30.2 Å². The van der Waals surface area contributed by atoms with E-state index in [2.05, 4.69) is 0 Å². The molecule has 1 aliphatic heterocycles. The van der Waals surface area contributed by atoms with E-state index in [0.29, 0.717) is 18.6 Å². The topological polar surface area (TPSA) is 116 Å². The third-order valence-corrected chi connectivity index (χ3v) is 5.49. The van der Waals surface area contributed by atoms with Gasteiger partial charge in [-0.05, 0) is 31.0 Å². The van der Waals surface area contributed by atoms with Crippen LogP contribution in [0.4, 0.5) is 5.69 Å². The summed E-state index contributed by atoms with van der Waals surface area (Å²) in [5, 5.41) is 0. The van der Waals surface area contributed by atoms with Crippen molar-refractivity contribution in [3.8, 4) is 5.75 Å². The maximum absolute atomic E-state index is 12.7. The van der Waals surface area contributed by atoms with Gasteiger partial charge < -0.3 is 16.2 Å². The number of ether oxygens (including phenoxy) is 1. The molecular formula is C13H19N3O4S. The molecule has 8 heteroatoms. The Morgan fingerprint density at radius 3 is 2.67 bits per heavy atom. The lowest BCUT2D eigenvalue weighted by molar-refractivity contribution is -0.122. The van der Waals surface area contributed by atoms with Crippen molar-refractivity contribution in [1.82, 2.24) is 4.31 Å². The summed E-state index contributed by atoms with van der Waals surface area (Å²) in [5.74, 6) is -0.223. The van der Waals surface area contributed by atoms with Crippen LogP contribution in [0.3, 0.4) is 0 Å². The van der Waals surface area contributed by atoms with E-state index in [1.165, 1.54) is 29.6 Å². The normalized spacial score (nSPS) is 20.1. The van der Waals surface area contributed by atoms with Crippen LogP contribution in [0.5, 0.6) is 5.75 Å². The molecule has 1 fully saturated rings. The number of nitrogens with two attached hydrogens (primary N) is 2. The van der Waals surface area contributed by atoms with Gasteiger partial charge >= 0.3 is 0 Å². The molecule has 1 atom stereocenters. The third-order valence-electron chi connectivity index (χ3n) is 3.59. The molecule has 1 aromatic carbocycles. The molecule has 1 amide bonds. The Bertz CT molecular complexity index is 645. The average Bonchev–Trinajstić information content (AvgIpc) is 2.47. The predicted octanol–water partition coefficient (Wildman–Crippen LogP) is 0.306. The number of anilines is 1. The van der Waals surface area contributed by atoms with Crippen molar-refractivity contribution < 1.29 is 17.9 Å². The fraction of sp³-hybridized carbons (Fsp3) is 0.462. The van der Waals surface area contributed by atoms with Gasteiger partial charge in [-0.2, -0.15) is 4.31 Å². The fourth-order valence-electron chi connectivity index (χ4n) is 2.49. The molecule has 7 nitrogen and oxygen atoms in total. The molecule has 0 radical (unpaired) electrons. The lowest BCUT2D eigenvalue weighted by atomic mass is 10.0. The molecule has 1 saturated heterocycles. The van der Waals surface area contributed by atoms with Gasteiger partial charge in [0, 0.05) is 6.54 Å². The highest BCUT2D eigenvalue weighted by Gasteiger charge is 2.36. The number of primary amides is 1. The average molecular weight is 313 g/mol. The molecule has 1 unspecified atom stereocenters. The number of nitrogens with zero attached hydrogens (tertiary/aromatic N) is 1. The van der Waals surface area contributed by atoms with E-state index in [-0.39, 0.29) is 17.1 Å².